The smallest absolute Gasteiger partial charge is 0.170 e. The molecule has 0 saturated heterocycles. The minimum Gasteiger partial charge on any atom is -0.294 e. The zero-order valence-corrected chi connectivity index (χ0v) is 10.3. The van der Waals surface area contributed by atoms with Crippen molar-refractivity contribution >= 4 is 17.4 Å². The summed E-state index contributed by atoms with van der Waals surface area (Å²) in [6.45, 7) is 0. The SMILES string of the molecule is O=C(Cc1ccc(F)cc1F)c1ccc(Cl)cc1F. The van der Waals surface area contributed by atoms with Gasteiger partial charge in [-0.1, -0.05) is 17.7 Å². The van der Waals surface area contributed by atoms with E-state index in [1.165, 1.54) is 12.1 Å². The monoisotopic (exact) mass is 284 g/mol. The molecule has 0 unspecified atom stereocenters. The third-order valence-electron chi connectivity index (χ3n) is 2.60. The van der Waals surface area contributed by atoms with Crippen molar-refractivity contribution in [3.63, 3.8) is 0 Å². The Morgan fingerprint density at radius 3 is 2.37 bits per heavy atom. The Hall–Kier alpha value is -1.81. The molecule has 98 valence electrons. The van der Waals surface area contributed by atoms with Gasteiger partial charge < -0.3 is 0 Å². The fourth-order valence-electron chi connectivity index (χ4n) is 1.65. The Morgan fingerprint density at radius 1 is 1.00 bits per heavy atom. The fraction of sp³-hybridized carbons (Fsp3) is 0.0714. The van der Waals surface area contributed by atoms with Gasteiger partial charge in [0.1, 0.15) is 17.5 Å². The number of rotatable bonds is 3. The molecule has 0 aliphatic rings. The van der Waals surface area contributed by atoms with Crippen LogP contribution < -0.4 is 0 Å². The molecule has 0 heterocycles. The fourth-order valence-corrected chi connectivity index (χ4v) is 1.81. The molecule has 0 aliphatic carbocycles. The third-order valence-corrected chi connectivity index (χ3v) is 2.83. The summed E-state index contributed by atoms with van der Waals surface area (Å²) >= 11 is 5.57. The number of halogens is 4. The predicted octanol–water partition coefficient (Wildman–Crippen LogP) is 4.18. The molecule has 0 bridgehead atoms. The van der Waals surface area contributed by atoms with E-state index < -0.39 is 23.2 Å². The molecule has 2 rings (SSSR count). The molecule has 19 heavy (non-hydrogen) atoms. The maximum atomic E-state index is 13.5. The second-order valence-corrected chi connectivity index (χ2v) is 4.40. The zero-order chi connectivity index (χ0) is 14.0. The highest BCUT2D eigenvalue weighted by molar-refractivity contribution is 6.30. The van der Waals surface area contributed by atoms with Crippen LogP contribution in [0.15, 0.2) is 36.4 Å². The lowest BCUT2D eigenvalue weighted by molar-refractivity contribution is 0.0988. The number of hydrogen-bond acceptors (Lipinski definition) is 1. The lowest BCUT2D eigenvalue weighted by Gasteiger charge is -2.04. The van der Waals surface area contributed by atoms with Crippen LogP contribution in [0.4, 0.5) is 13.2 Å². The van der Waals surface area contributed by atoms with E-state index in [1.54, 1.807) is 0 Å². The maximum Gasteiger partial charge on any atom is 0.170 e. The number of carbonyl (C=O) groups excluding carboxylic acids is 1. The second-order valence-electron chi connectivity index (χ2n) is 3.96. The number of carbonyl (C=O) groups is 1. The molecule has 5 heteroatoms. The van der Waals surface area contributed by atoms with Crippen molar-refractivity contribution in [2.24, 2.45) is 0 Å². The first-order valence-corrected chi connectivity index (χ1v) is 5.77. The summed E-state index contributed by atoms with van der Waals surface area (Å²) in [5.41, 5.74) is -0.158. The Balaban J connectivity index is 2.25. The van der Waals surface area contributed by atoms with Crippen LogP contribution in [0.5, 0.6) is 0 Å². The molecular formula is C14H8ClF3O. The summed E-state index contributed by atoms with van der Waals surface area (Å²) in [5.74, 6) is -2.92. The summed E-state index contributed by atoms with van der Waals surface area (Å²) in [6.07, 6.45) is -0.343. The van der Waals surface area contributed by atoms with Gasteiger partial charge in [-0.15, -0.1) is 0 Å². The molecule has 0 saturated carbocycles. The average Bonchev–Trinajstić information content (AvgIpc) is 2.32. The highest BCUT2D eigenvalue weighted by Gasteiger charge is 2.15. The molecular weight excluding hydrogens is 277 g/mol. The van der Waals surface area contributed by atoms with Gasteiger partial charge in [0, 0.05) is 17.5 Å². The van der Waals surface area contributed by atoms with Crippen LogP contribution in [0, 0.1) is 17.5 Å². The van der Waals surface area contributed by atoms with Crippen LogP contribution in [0.25, 0.3) is 0 Å². The van der Waals surface area contributed by atoms with Gasteiger partial charge in [-0.3, -0.25) is 4.79 Å². The predicted molar refractivity (Wildman–Crippen MR) is 65.8 cm³/mol. The van der Waals surface area contributed by atoms with Gasteiger partial charge in [0.05, 0.1) is 5.56 Å². The van der Waals surface area contributed by atoms with E-state index in [0.29, 0.717) is 6.07 Å². The lowest BCUT2D eigenvalue weighted by atomic mass is 10.0. The van der Waals surface area contributed by atoms with E-state index in [9.17, 15) is 18.0 Å². The van der Waals surface area contributed by atoms with Crippen LogP contribution in [0.2, 0.25) is 5.02 Å². The lowest BCUT2D eigenvalue weighted by Crippen LogP contribution is -2.07. The number of benzene rings is 2. The molecule has 0 radical (unpaired) electrons. The summed E-state index contributed by atoms with van der Waals surface area (Å²) < 4.78 is 39.6. The van der Waals surface area contributed by atoms with E-state index in [0.717, 1.165) is 18.2 Å². The first-order valence-electron chi connectivity index (χ1n) is 5.39. The Morgan fingerprint density at radius 2 is 1.74 bits per heavy atom. The number of ketones is 1. The van der Waals surface area contributed by atoms with Crippen molar-refractivity contribution < 1.29 is 18.0 Å². The molecule has 0 aromatic heterocycles. The molecule has 2 aromatic rings. The minimum absolute atomic E-state index is 0.0146. The highest BCUT2D eigenvalue weighted by atomic mass is 35.5. The van der Waals surface area contributed by atoms with Crippen molar-refractivity contribution in [2.75, 3.05) is 0 Å². The summed E-state index contributed by atoms with van der Waals surface area (Å²) in [6, 6.07) is 6.51. The van der Waals surface area contributed by atoms with Gasteiger partial charge in [-0.25, -0.2) is 13.2 Å². The average molecular weight is 285 g/mol. The molecule has 1 nitrogen and oxygen atoms in total. The van der Waals surface area contributed by atoms with Crippen LogP contribution in [-0.2, 0) is 6.42 Å². The van der Waals surface area contributed by atoms with E-state index in [1.807, 2.05) is 0 Å². The molecule has 0 spiro atoms. The number of Topliss-reactive ketones (excluding diaryl/α,β-unsaturated/α-hetero) is 1. The van der Waals surface area contributed by atoms with E-state index in [4.69, 9.17) is 11.6 Å². The molecule has 0 N–H and O–H groups in total. The third kappa shape index (κ3) is 3.15. The van der Waals surface area contributed by atoms with Crippen molar-refractivity contribution in [1.29, 1.82) is 0 Å². The molecule has 2 aromatic carbocycles. The highest BCUT2D eigenvalue weighted by Crippen LogP contribution is 2.18. The zero-order valence-electron chi connectivity index (χ0n) is 9.59. The molecule has 0 amide bonds. The minimum atomic E-state index is -0.831. The van der Waals surface area contributed by atoms with Gasteiger partial charge in [0.25, 0.3) is 0 Å². The van der Waals surface area contributed by atoms with Crippen LogP contribution in [-0.4, -0.2) is 5.78 Å². The van der Waals surface area contributed by atoms with Crippen molar-refractivity contribution in [3.05, 3.63) is 70.0 Å². The summed E-state index contributed by atoms with van der Waals surface area (Å²) in [7, 11) is 0. The Kier molecular flexibility index (Phi) is 3.90. The van der Waals surface area contributed by atoms with Crippen molar-refractivity contribution in [1.82, 2.24) is 0 Å². The van der Waals surface area contributed by atoms with E-state index in [-0.39, 0.29) is 22.6 Å². The van der Waals surface area contributed by atoms with Crippen LogP contribution >= 0.6 is 11.6 Å². The first kappa shape index (κ1) is 13.6. The largest absolute Gasteiger partial charge is 0.294 e. The van der Waals surface area contributed by atoms with Crippen molar-refractivity contribution in [3.8, 4) is 0 Å². The quantitative estimate of drug-likeness (QED) is 0.773. The maximum absolute atomic E-state index is 13.5. The van der Waals surface area contributed by atoms with E-state index >= 15 is 0 Å². The van der Waals surface area contributed by atoms with Gasteiger partial charge in [0.15, 0.2) is 5.78 Å². The first-order chi connectivity index (χ1) is 8.97. The topological polar surface area (TPSA) is 17.1 Å². The summed E-state index contributed by atoms with van der Waals surface area (Å²) in [5, 5.41) is 0.169. The summed E-state index contributed by atoms with van der Waals surface area (Å²) in [4.78, 5) is 11.8. The number of hydrogen-bond donors (Lipinski definition) is 0. The van der Waals surface area contributed by atoms with Gasteiger partial charge >= 0.3 is 0 Å². The molecule has 0 aliphatic heterocycles. The van der Waals surface area contributed by atoms with Gasteiger partial charge in [-0.05, 0) is 29.8 Å². The normalized spacial score (nSPS) is 10.5. The Labute approximate surface area is 112 Å². The molecule has 0 fully saturated rings. The van der Waals surface area contributed by atoms with E-state index in [2.05, 4.69) is 0 Å². The standard InChI is InChI=1S/C14H8ClF3O/c15-9-2-4-11(13(18)6-9)14(19)5-8-1-3-10(16)7-12(8)17/h1-4,6-7H,5H2. The van der Waals surface area contributed by atoms with Gasteiger partial charge in [0.2, 0.25) is 0 Å². The molecule has 0 atom stereocenters. The second kappa shape index (κ2) is 5.45. The Bertz CT molecular complexity index is 641. The van der Waals surface area contributed by atoms with Crippen molar-refractivity contribution in [2.45, 2.75) is 6.42 Å². The van der Waals surface area contributed by atoms with Crippen LogP contribution in [0.1, 0.15) is 15.9 Å². The van der Waals surface area contributed by atoms with Crippen LogP contribution in [0.3, 0.4) is 0 Å². The van der Waals surface area contributed by atoms with Gasteiger partial charge in [-0.2, -0.15) is 0 Å².